The van der Waals surface area contributed by atoms with Gasteiger partial charge in [0.25, 0.3) is 0 Å². The van der Waals surface area contributed by atoms with E-state index in [1.54, 1.807) is 25.3 Å². The van der Waals surface area contributed by atoms with E-state index in [9.17, 15) is 9.59 Å². The number of benzene rings is 2. The zero-order chi connectivity index (χ0) is 19.6. The number of carbonyl (C=O) groups excluding carboxylic acids is 2. The zero-order valence-electron chi connectivity index (χ0n) is 15.6. The SMILES string of the molecule is COc1ccc(C=NNC(=O)CCC(=O)Nc2ccccc2C)c(OC)c1. The van der Waals surface area contributed by atoms with Gasteiger partial charge in [0.2, 0.25) is 11.8 Å². The fourth-order valence-electron chi connectivity index (χ4n) is 2.31. The average Bonchev–Trinajstić information content (AvgIpc) is 2.68. The van der Waals surface area contributed by atoms with Crippen molar-refractivity contribution < 1.29 is 19.1 Å². The molecule has 2 aromatic rings. The number of hydrogen-bond acceptors (Lipinski definition) is 5. The van der Waals surface area contributed by atoms with E-state index in [0.717, 1.165) is 11.3 Å². The lowest BCUT2D eigenvalue weighted by atomic mass is 10.2. The maximum atomic E-state index is 12.0. The summed E-state index contributed by atoms with van der Waals surface area (Å²) in [5.74, 6) is 0.663. The molecular weight excluding hydrogens is 346 g/mol. The first-order valence-corrected chi connectivity index (χ1v) is 8.43. The summed E-state index contributed by atoms with van der Waals surface area (Å²) in [4.78, 5) is 23.8. The Morgan fingerprint density at radius 2 is 1.78 bits per heavy atom. The Morgan fingerprint density at radius 1 is 1.04 bits per heavy atom. The van der Waals surface area contributed by atoms with Crippen molar-refractivity contribution >= 4 is 23.7 Å². The maximum Gasteiger partial charge on any atom is 0.240 e. The largest absolute Gasteiger partial charge is 0.497 e. The predicted molar refractivity (Wildman–Crippen MR) is 104 cm³/mol. The van der Waals surface area contributed by atoms with Crippen LogP contribution in [0.2, 0.25) is 0 Å². The molecule has 0 spiro atoms. The Labute approximate surface area is 158 Å². The lowest BCUT2D eigenvalue weighted by molar-refractivity contribution is -0.124. The Balaban J connectivity index is 1.81. The lowest BCUT2D eigenvalue weighted by Crippen LogP contribution is -2.20. The molecule has 142 valence electrons. The monoisotopic (exact) mass is 369 g/mol. The average molecular weight is 369 g/mol. The van der Waals surface area contributed by atoms with Crippen LogP contribution in [-0.2, 0) is 9.59 Å². The summed E-state index contributed by atoms with van der Waals surface area (Å²) in [6, 6.07) is 12.7. The van der Waals surface area contributed by atoms with Gasteiger partial charge in [-0.25, -0.2) is 5.43 Å². The highest BCUT2D eigenvalue weighted by molar-refractivity contribution is 5.94. The fourth-order valence-corrected chi connectivity index (χ4v) is 2.31. The topological polar surface area (TPSA) is 89.0 Å². The van der Waals surface area contributed by atoms with E-state index >= 15 is 0 Å². The molecule has 0 fully saturated rings. The number of ether oxygens (including phenoxy) is 2. The normalized spacial score (nSPS) is 10.5. The molecular formula is C20H23N3O4. The minimum atomic E-state index is -0.348. The molecule has 0 bridgehead atoms. The first kappa shape index (κ1) is 20.0. The number of carbonyl (C=O) groups is 2. The van der Waals surface area contributed by atoms with Crippen LogP contribution in [0.4, 0.5) is 5.69 Å². The second-order valence-corrected chi connectivity index (χ2v) is 5.76. The third-order valence-electron chi connectivity index (χ3n) is 3.83. The molecule has 0 radical (unpaired) electrons. The van der Waals surface area contributed by atoms with Gasteiger partial charge in [-0.1, -0.05) is 18.2 Å². The number of hydrazone groups is 1. The van der Waals surface area contributed by atoms with Crippen LogP contribution in [0.25, 0.3) is 0 Å². The Bertz CT molecular complexity index is 834. The molecule has 0 aliphatic carbocycles. The molecule has 2 aromatic carbocycles. The Kier molecular flexibility index (Phi) is 7.37. The van der Waals surface area contributed by atoms with Crippen molar-refractivity contribution in [3.63, 3.8) is 0 Å². The van der Waals surface area contributed by atoms with Crippen molar-refractivity contribution in [1.29, 1.82) is 0 Å². The third kappa shape index (κ3) is 6.14. The lowest BCUT2D eigenvalue weighted by Gasteiger charge is -2.08. The molecule has 0 saturated heterocycles. The van der Waals surface area contributed by atoms with Crippen LogP contribution >= 0.6 is 0 Å². The first-order chi connectivity index (χ1) is 13.0. The molecule has 27 heavy (non-hydrogen) atoms. The van der Waals surface area contributed by atoms with Gasteiger partial charge in [0.05, 0.1) is 20.4 Å². The second-order valence-electron chi connectivity index (χ2n) is 5.76. The summed E-state index contributed by atoms with van der Waals surface area (Å²) in [7, 11) is 3.11. The molecule has 7 heteroatoms. The molecule has 2 rings (SSSR count). The van der Waals surface area contributed by atoms with Gasteiger partial charge in [-0.3, -0.25) is 9.59 Å². The summed E-state index contributed by atoms with van der Waals surface area (Å²) < 4.78 is 10.4. The fraction of sp³-hybridized carbons (Fsp3) is 0.250. The number of aryl methyl sites for hydroxylation is 1. The zero-order valence-corrected chi connectivity index (χ0v) is 15.6. The van der Waals surface area contributed by atoms with E-state index < -0.39 is 0 Å². The Hall–Kier alpha value is -3.35. The summed E-state index contributed by atoms with van der Waals surface area (Å²) in [6.45, 7) is 1.91. The molecule has 0 atom stereocenters. The van der Waals surface area contributed by atoms with Gasteiger partial charge in [0.1, 0.15) is 11.5 Å². The van der Waals surface area contributed by atoms with E-state index in [2.05, 4.69) is 15.8 Å². The standard InChI is InChI=1S/C20H23N3O4/c1-14-6-4-5-7-17(14)22-19(24)10-11-20(25)23-21-13-15-8-9-16(26-2)12-18(15)27-3/h4-9,12-13H,10-11H2,1-3H3,(H,22,24)(H,23,25). The molecule has 0 aliphatic rings. The highest BCUT2D eigenvalue weighted by atomic mass is 16.5. The molecule has 0 aromatic heterocycles. The molecule has 0 aliphatic heterocycles. The third-order valence-corrected chi connectivity index (χ3v) is 3.83. The van der Waals surface area contributed by atoms with Crippen LogP contribution in [-0.4, -0.2) is 32.2 Å². The number of nitrogens with zero attached hydrogens (tertiary/aromatic N) is 1. The van der Waals surface area contributed by atoms with Crippen LogP contribution in [0.1, 0.15) is 24.0 Å². The Morgan fingerprint density at radius 3 is 2.48 bits per heavy atom. The van der Waals surface area contributed by atoms with E-state index in [1.807, 2.05) is 31.2 Å². The van der Waals surface area contributed by atoms with Gasteiger partial charge < -0.3 is 14.8 Å². The number of methoxy groups -OCH3 is 2. The molecule has 2 N–H and O–H groups in total. The predicted octanol–water partition coefficient (Wildman–Crippen LogP) is 2.88. The number of para-hydroxylation sites is 1. The van der Waals surface area contributed by atoms with Crippen LogP contribution < -0.4 is 20.2 Å². The molecule has 0 saturated carbocycles. The summed E-state index contributed by atoms with van der Waals surface area (Å²) in [5, 5.41) is 6.69. The second kappa shape index (κ2) is 9.96. The van der Waals surface area contributed by atoms with Crippen LogP contribution in [0.5, 0.6) is 11.5 Å². The van der Waals surface area contributed by atoms with Gasteiger partial charge >= 0.3 is 0 Å². The van der Waals surface area contributed by atoms with Crippen LogP contribution in [0, 0.1) is 6.92 Å². The van der Waals surface area contributed by atoms with Gasteiger partial charge in [-0.05, 0) is 30.7 Å². The van der Waals surface area contributed by atoms with Crippen molar-refractivity contribution in [2.45, 2.75) is 19.8 Å². The van der Waals surface area contributed by atoms with Crippen molar-refractivity contribution in [1.82, 2.24) is 5.43 Å². The van der Waals surface area contributed by atoms with Gasteiger partial charge in [-0.2, -0.15) is 5.10 Å². The van der Waals surface area contributed by atoms with E-state index in [1.165, 1.54) is 13.3 Å². The maximum absolute atomic E-state index is 12.0. The van der Waals surface area contributed by atoms with E-state index in [-0.39, 0.29) is 24.7 Å². The summed E-state index contributed by atoms with van der Waals surface area (Å²) in [6.07, 6.45) is 1.58. The van der Waals surface area contributed by atoms with Crippen LogP contribution in [0.15, 0.2) is 47.6 Å². The highest BCUT2D eigenvalue weighted by Gasteiger charge is 2.08. The number of amides is 2. The molecule has 0 heterocycles. The van der Waals surface area contributed by atoms with Crippen molar-refractivity contribution in [2.75, 3.05) is 19.5 Å². The minimum Gasteiger partial charge on any atom is -0.497 e. The smallest absolute Gasteiger partial charge is 0.240 e. The summed E-state index contributed by atoms with van der Waals surface area (Å²) in [5.41, 5.74) is 4.81. The van der Waals surface area contributed by atoms with Gasteiger partial charge in [-0.15, -0.1) is 0 Å². The number of anilines is 1. The van der Waals surface area contributed by atoms with Crippen molar-refractivity contribution in [2.24, 2.45) is 5.10 Å². The molecule has 7 nitrogen and oxygen atoms in total. The van der Waals surface area contributed by atoms with Gasteiger partial charge in [0, 0.05) is 30.2 Å². The molecule has 2 amide bonds. The van der Waals surface area contributed by atoms with Crippen molar-refractivity contribution in [3.05, 3.63) is 53.6 Å². The summed E-state index contributed by atoms with van der Waals surface area (Å²) >= 11 is 0. The minimum absolute atomic E-state index is 0.0365. The number of hydrogen-bond donors (Lipinski definition) is 2. The quantitative estimate of drug-likeness (QED) is 0.553. The van der Waals surface area contributed by atoms with Crippen LogP contribution in [0.3, 0.4) is 0 Å². The number of rotatable bonds is 8. The first-order valence-electron chi connectivity index (χ1n) is 8.43. The number of nitrogens with one attached hydrogen (secondary N) is 2. The van der Waals surface area contributed by atoms with E-state index in [0.29, 0.717) is 17.1 Å². The molecule has 0 unspecified atom stereocenters. The van der Waals surface area contributed by atoms with E-state index in [4.69, 9.17) is 9.47 Å². The van der Waals surface area contributed by atoms with Crippen molar-refractivity contribution in [3.8, 4) is 11.5 Å². The van der Waals surface area contributed by atoms with Gasteiger partial charge in [0.15, 0.2) is 0 Å². The highest BCUT2D eigenvalue weighted by Crippen LogP contribution is 2.23.